The van der Waals surface area contributed by atoms with Crippen molar-refractivity contribution in [1.82, 2.24) is 19.8 Å². The summed E-state index contributed by atoms with van der Waals surface area (Å²) in [6.45, 7) is 6.12. The standard InChI is InChI=1S/C15H24N4O3/c1-11(2)14(17-15(21)22-10-20)13-8-19(9-16-13)7-12-5-4-6-18(12)3/h8-12,14H,4-7H2,1-3H3,(H,17,21)/t12-,14?/m0/s1. The first-order valence-corrected chi connectivity index (χ1v) is 7.64. The lowest BCUT2D eigenvalue weighted by atomic mass is 10.0. The Balaban J connectivity index is 2.03. The Hall–Kier alpha value is -1.89. The lowest BCUT2D eigenvalue weighted by Gasteiger charge is -2.20. The number of nitrogens with one attached hydrogen (secondary N) is 1. The highest BCUT2D eigenvalue weighted by molar-refractivity contribution is 5.75. The molecule has 1 unspecified atom stereocenters. The number of carbonyl (C=O) groups excluding carboxylic acids is 2. The number of carbonyl (C=O) groups is 2. The van der Waals surface area contributed by atoms with Gasteiger partial charge in [0.1, 0.15) is 0 Å². The molecule has 0 bridgehead atoms. The predicted octanol–water partition coefficient (Wildman–Crippen LogP) is 1.56. The number of hydrogen-bond acceptors (Lipinski definition) is 5. The average molecular weight is 308 g/mol. The van der Waals surface area contributed by atoms with Gasteiger partial charge < -0.3 is 19.5 Å². The zero-order valence-electron chi connectivity index (χ0n) is 13.4. The molecule has 7 nitrogen and oxygen atoms in total. The number of rotatable bonds is 6. The second kappa shape index (κ2) is 7.40. The molecule has 0 radical (unpaired) electrons. The summed E-state index contributed by atoms with van der Waals surface area (Å²) >= 11 is 0. The minimum absolute atomic E-state index is 0.126. The van der Waals surface area contributed by atoms with E-state index in [0.717, 1.165) is 18.8 Å². The zero-order chi connectivity index (χ0) is 16.1. The van der Waals surface area contributed by atoms with Crippen LogP contribution < -0.4 is 5.32 Å². The van der Waals surface area contributed by atoms with Crippen molar-refractivity contribution in [2.45, 2.75) is 45.3 Å². The predicted molar refractivity (Wildman–Crippen MR) is 81.1 cm³/mol. The third-order valence-electron chi connectivity index (χ3n) is 4.16. The van der Waals surface area contributed by atoms with Crippen LogP contribution in [0.15, 0.2) is 12.5 Å². The molecule has 1 saturated heterocycles. The maximum atomic E-state index is 11.5. The van der Waals surface area contributed by atoms with Gasteiger partial charge in [0.15, 0.2) is 0 Å². The molecule has 0 aliphatic carbocycles. The molecule has 1 aliphatic rings. The Bertz CT molecular complexity index is 515. The van der Waals surface area contributed by atoms with Crippen LogP contribution >= 0.6 is 0 Å². The number of likely N-dealkylation sites (tertiary alicyclic amines) is 1. The lowest BCUT2D eigenvalue weighted by Crippen LogP contribution is -2.32. The molecule has 2 rings (SSSR count). The van der Waals surface area contributed by atoms with Crippen molar-refractivity contribution in [2.75, 3.05) is 13.6 Å². The van der Waals surface area contributed by atoms with Crippen LogP contribution in [0.3, 0.4) is 0 Å². The van der Waals surface area contributed by atoms with Crippen molar-refractivity contribution < 1.29 is 14.3 Å². The van der Waals surface area contributed by atoms with Gasteiger partial charge in [-0.25, -0.2) is 9.78 Å². The van der Waals surface area contributed by atoms with Gasteiger partial charge in [0.05, 0.1) is 18.1 Å². The second-order valence-electron chi connectivity index (χ2n) is 6.14. The van der Waals surface area contributed by atoms with Gasteiger partial charge >= 0.3 is 12.6 Å². The van der Waals surface area contributed by atoms with Gasteiger partial charge in [0, 0.05) is 18.8 Å². The highest BCUT2D eigenvalue weighted by Crippen LogP contribution is 2.21. The second-order valence-corrected chi connectivity index (χ2v) is 6.14. The topological polar surface area (TPSA) is 76.5 Å². The van der Waals surface area contributed by atoms with E-state index in [-0.39, 0.29) is 18.4 Å². The molecular weight excluding hydrogens is 284 g/mol. The fraction of sp³-hybridized carbons (Fsp3) is 0.667. The van der Waals surface area contributed by atoms with E-state index in [1.807, 2.05) is 20.0 Å². The maximum Gasteiger partial charge on any atom is 0.415 e. The molecule has 22 heavy (non-hydrogen) atoms. The fourth-order valence-corrected chi connectivity index (χ4v) is 2.88. The van der Waals surface area contributed by atoms with Crippen LogP contribution in [0.5, 0.6) is 0 Å². The first kappa shape index (κ1) is 16.5. The quantitative estimate of drug-likeness (QED) is 0.637. The Kier molecular flexibility index (Phi) is 5.54. The largest absolute Gasteiger partial charge is 0.415 e. The number of imidazole rings is 1. The Labute approximate surface area is 130 Å². The van der Waals surface area contributed by atoms with Gasteiger partial charge in [0.2, 0.25) is 0 Å². The number of likely N-dealkylation sites (N-methyl/N-ethyl adjacent to an activating group) is 1. The van der Waals surface area contributed by atoms with E-state index in [1.54, 1.807) is 6.33 Å². The van der Waals surface area contributed by atoms with E-state index in [0.29, 0.717) is 6.04 Å². The normalized spacial score (nSPS) is 20.1. The SMILES string of the molecule is CC(C)C(NC(=O)OC=O)c1cn(C[C@@H]2CCCN2C)cn1. The summed E-state index contributed by atoms with van der Waals surface area (Å²) in [6.07, 6.45) is 5.43. The molecule has 122 valence electrons. The molecule has 1 aromatic rings. The average Bonchev–Trinajstić information content (AvgIpc) is 3.07. The number of alkyl carbamates (subject to hydrolysis) is 1. The molecule has 2 atom stereocenters. The molecule has 2 heterocycles. The summed E-state index contributed by atoms with van der Waals surface area (Å²) in [5.41, 5.74) is 0.776. The smallest absolute Gasteiger partial charge is 0.379 e. The third-order valence-corrected chi connectivity index (χ3v) is 4.16. The maximum absolute atomic E-state index is 11.5. The summed E-state index contributed by atoms with van der Waals surface area (Å²) in [5.74, 6) is 0.136. The van der Waals surface area contributed by atoms with Crippen molar-refractivity contribution in [1.29, 1.82) is 0 Å². The van der Waals surface area contributed by atoms with E-state index in [2.05, 4.69) is 31.6 Å². The molecule has 1 amide bonds. The molecule has 1 aromatic heterocycles. The van der Waals surface area contributed by atoms with Gasteiger partial charge in [-0.05, 0) is 32.4 Å². The first-order valence-electron chi connectivity index (χ1n) is 7.64. The van der Waals surface area contributed by atoms with Crippen LogP contribution in [-0.4, -0.2) is 46.7 Å². The van der Waals surface area contributed by atoms with Gasteiger partial charge in [-0.1, -0.05) is 13.8 Å². The van der Waals surface area contributed by atoms with Crippen molar-refractivity contribution >= 4 is 12.6 Å². The van der Waals surface area contributed by atoms with Crippen molar-refractivity contribution in [3.63, 3.8) is 0 Å². The van der Waals surface area contributed by atoms with Gasteiger partial charge in [-0.2, -0.15) is 0 Å². The number of amides is 1. The Morgan fingerprint density at radius 1 is 1.59 bits per heavy atom. The highest BCUT2D eigenvalue weighted by atomic mass is 16.6. The minimum atomic E-state index is -0.751. The third kappa shape index (κ3) is 4.07. The van der Waals surface area contributed by atoms with Crippen LogP contribution in [0.2, 0.25) is 0 Å². The highest BCUT2D eigenvalue weighted by Gasteiger charge is 2.24. The molecular formula is C15H24N4O3. The first-order chi connectivity index (χ1) is 10.5. The number of hydrogen-bond donors (Lipinski definition) is 1. The van der Waals surface area contributed by atoms with Crippen LogP contribution in [0.25, 0.3) is 0 Å². The fourth-order valence-electron chi connectivity index (χ4n) is 2.88. The molecule has 0 spiro atoms. The number of aromatic nitrogens is 2. The monoisotopic (exact) mass is 308 g/mol. The van der Waals surface area contributed by atoms with Crippen LogP contribution in [0, 0.1) is 5.92 Å². The van der Waals surface area contributed by atoms with E-state index in [1.165, 1.54) is 12.8 Å². The molecule has 1 N–H and O–H groups in total. The van der Waals surface area contributed by atoms with Crippen molar-refractivity contribution in [3.05, 3.63) is 18.2 Å². The molecule has 0 saturated carbocycles. The summed E-state index contributed by atoms with van der Waals surface area (Å²) in [6, 6.07) is 0.252. The summed E-state index contributed by atoms with van der Waals surface area (Å²) in [7, 11) is 2.14. The summed E-state index contributed by atoms with van der Waals surface area (Å²) < 4.78 is 6.36. The zero-order valence-corrected chi connectivity index (χ0v) is 13.4. The van der Waals surface area contributed by atoms with E-state index < -0.39 is 6.09 Å². The number of ether oxygens (including phenoxy) is 1. The van der Waals surface area contributed by atoms with E-state index in [4.69, 9.17) is 0 Å². The van der Waals surface area contributed by atoms with Crippen LogP contribution in [0.4, 0.5) is 4.79 Å². The van der Waals surface area contributed by atoms with Crippen molar-refractivity contribution in [2.24, 2.45) is 5.92 Å². The molecule has 1 aliphatic heterocycles. The molecule has 0 aromatic carbocycles. The van der Waals surface area contributed by atoms with Crippen LogP contribution in [0.1, 0.15) is 38.4 Å². The molecule has 1 fully saturated rings. The minimum Gasteiger partial charge on any atom is -0.379 e. The van der Waals surface area contributed by atoms with Gasteiger partial charge in [-0.3, -0.25) is 4.79 Å². The van der Waals surface area contributed by atoms with Crippen LogP contribution in [-0.2, 0) is 16.1 Å². The Morgan fingerprint density at radius 3 is 2.95 bits per heavy atom. The Morgan fingerprint density at radius 2 is 2.36 bits per heavy atom. The van der Waals surface area contributed by atoms with Gasteiger partial charge in [-0.15, -0.1) is 0 Å². The number of nitrogens with zero attached hydrogens (tertiary/aromatic N) is 3. The lowest BCUT2D eigenvalue weighted by molar-refractivity contribution is -0.123. The van der Waals surface area contributed by atoms with Gasteiger partial charge in [0.25, 0.3) is 0 Å². The van der Waals surface area contributed by atoms with E-state index >= 15 is 0 Å². The van der Waals surface area contributed by atoms with Crippen molar-refractivity contribution in [3.8, 4) is 0 Å². The summed E-state index contributed by atoms with van der Waals surface area (Å²) in [4.78, 5) is 28.4. The molecule has 7 heteroatoms. The summed E-state index contributed by atoms with van der Waals surface area (Å²) in [5, 5.41) is 2.67. The van der Waals surface area contributed by atoms with E-state index in [9.17, 15) is 9.59 Å².